The van der Waals surface area contributed by atoms with E-state index in [0.29, 0.717) is 29.7 Å². The third-order valence-electron chi connectivity index (χ3n) is 3.81. The van der Waals surface area contributed by atoms with Crippen LogP contribution in [0.25, 0.3) is 11.0 Å². The summed E-state index contributed by atoms with van der Waals surface area (Å²) in [5.74, 6) is -0.535. The Labute approximate surface area is 148 Å². The quantitative estimate of drug-likeness (QED) is 0.679. The van der Waals surface area contributed by atoms with Crippen molar-refractivity contribution < 1.29 is 9.18 Å². The van der Waals surface area contributed by atoms with Gasteiger partial charge < -0.3 is 5.32 Å². The molecule has 3 rings (SSSR count). The first-order valence-electron chi connectivity index (χ1n) is 8.14. The third kappa shape index (κ3) is 3.85. The van der Waals surface area contributed by atoms with Gasteiger partial charge in [-0.25, -0.2) is 14.1 Å². The zero-order chi connectivity index (χ0) is 18.5. The van der Waals surface area contributed by atoms with Gasteiger partial charge in [0.1, 0.15) is 17.5 Å². The summed E-state index contributed by atoms with van der Waals surface area (Å²) >= 11 is 0. The molecule has 2 heterocycles. The minimum Gasteiger partial charge on any atom is -0.351 e. The van der Waals surface area contributed by atoms with Crippen molar-refractivity contribution in [3.63, 3.8) is 0 Å². The molecule has 0 spiro atoms. The summed E-state index contributed by atoms with van der Waals surface area (Å²) in [7, 11) is 0. The van der Waals surface area contributed by atoms with Crippen LogP contribution in [0.1, 0.15) is 12.5 Å². The second-order valence-corrected chi connectivity index (χ2v) is 5.70. The maximum atomic E-state index is 13.3. The summed E-state index contributed by atoms with van der Waals surface area (Å²) in [6.45, 7) is 2.75. The van der Waals surface area contributed by atoms with E-state index in [1.54, 1.807) is 29.8 Å². The number of fused-ring (bicyclic) bond motifs is 1. The fourth-order valence-corrected chi connectivity index (χ4v) is 2.60. The second kappa shape index (κ2) is 7.73. The Balaban J connectivity index is 1.78. The van der Waals surface area contributed by atoms with E-state index in [1.165, 1.54) is 35.3 Å². The van der Waals surface area contributed by atoms with Gasteiger partial charge in [-0.3, -0.25) is 14.2 Å². The van der Waals surface area contributed by atoms with Gasteiger partial charge in [-0.15, -0.1) is 0 Å². The van der Waals surface area contributed by atoms with Crippen molar-refractivity contribution in [1.29, 1.82) is 0 Å². The van der Waals surface area contributed by atoms with E-state index in [-0.39, 0.29) is 23.8 Å². The molecule has 0 aliphatic rings. The normalized spacial score (nSPS) is 11.3. The van der Waals surface area contributed by atoms with Crippen molar-refractivity contribution in [1.82, 2.24) is 24.6 Å². The molecule has 0 saturated carbocycles. The van der Waals surface area contributed by atoms with E-state index >= 15 is 0 Å². The average molecular weight is 355 g/mol. The van der Waals surface area contributed by atoms with Crippen molar-refractivity contribution in [2.45, 2.75) is 20.0 Å². The van der Waals surface area contributed by atoms with Crippen LogP contribution in [-0.2, 0) is 17.9 Å². The SMILES string of the molecule is C/C=C/C(=O)NCCn1ncc2c(=O)n(Cc3cccc(F)c3)cnc21. The third-order valence-corrected chi connectivity index (χ3v) is 3.81. The summed E-state index contributed by atoms with van der Waals surface area (Å²) in [5, 5.41) is 7.27. The predicted molar refractivity (Wildman–Crippen MR) is 95.1 cm³/mol. The summed E-state index contributed by atoms with van der Waals surface area (Å²) in [6.07, 6.45) is 5.97. The van der Waals surface area contributed by atoms with E-state index in [4.69, 9.17) is 0 Å². The van der Waals surface area contributed by atoms with E-state index in [1.807, 2.05) is 0 Å². The molecule has 1 N–H and O–H groups in total. The molecule has 134 valence electrons. The summed E-state index contributed by atoms with van der Waals surface area (Å²) < 4.78 is 16.3. The number of carbonyl (C=O) groups is 1. The number of nitrogens with zero attached hydrogens (tertiary/aromatic N) is 4. The number of hydrogen-bond acceptors (Lipinski definition) is 4. The lowest BCUT2D eigenvalue weighted by molar-refractivity contribution is -0.116. The van der Waals surface area contributed by atoms with Gasteiger partial charge in [0.05, 0.1) is 19.3 Å². The maximum absolute atomic E-state index is 13.3. The van der Waals surface area contributed by atoms with Crippen molar-refractivity contribution >= 4 is 16.9 Å². The van der Waals surface area contributed by atoms with Crippen LogP contribution in [0.5, 0.6) is 0 Å². The molecule has 0 atom stereocenters. The van der Waals surface area contributed by atoms with Gasteiger partial charge in [0.2, 0.25) is 5.91 Å². The molecule has 1 aromatic carbocycles. The molecule has 0 aliphatic carbocycles. The number of aromatic nitrogens is 4. The van der Waals surface area contributed by atoms with Crippen LogP contribution < -0.4 is 10.9 Å². The molecule has 26 heavy (non-hydrogen) atoms. The van der Waals surface area contributed by atoms with Crippen LogP contribution in [0.3, 0.4) is 0 Å². The molecule has 8 heteroatoms. The first-order chi connectivity index (χ1) is 12.6. The summed E-state index contributed by atoms with van der Waals surface area (Å²) in [6, 6.07) is 6.08. The van der Waals surface area contributed by atoms with Gasteiger partial charge in [-0.1, -0.05) is 18.2 Å². The highest BCUT2D eigenvalue weighted by atomic mass is 19.1. The van der Waals surface area contributed by atoms with Crippen molar-refractivity contribution in [2.24, 2.45) is 0 Å². The predicted octanol–water partition coefficient (Wildman–Crippen LogP) is 1.47. The highest BCUT2D eigenvalue weighted by Gasteiger charge is 2.10. The highest BCUT2D eigenvalue weighted by molar-refractivity contribution is 5.87. The van der Waals surface area contributed by atoms with Crippen LogP contribution in [0.4, 0.5) is 4.39 Å². The number of benzene rings is 1. The van der Waals surface area contributed by atoms with Gasteiger partial charge in [0, 0.05) is 6.54 Å². The largest absolute Gasteiger partial charge is 0.351 e. The number of rotatable bonds is 6. The van der Waals surface area contributed by atoms with Crippen LogP contribution in [0, 0.1) is 5.82 Å². The maximum Gasteiger partial charge on any atom is 0.264 e. The van der Waals surface area contributed by atoms with Crippen LogP contribution >= 0.6 is 0 Å². The molecular weight excluding hydrogens is 337 g/mol. The summed E-state index contributed by atoms with van der Waals surface area (Å²) in [5.41, 5.74) is 0.876. The Morgan fingerprint density at radius 1 is 1.38 bits per heavy atom. The molecule has 0 radical (unpaired) electrons. The van der Waals surface area contributed by atoms with Crippen molar-refractivity contribution in [3.8, 4) is 0 Å². The lowest BCUT2D eigenvalue weighted by Gasteiger charge is -2.07. The Hall–Kier alpha value is -3.29. The number of halogens is 1. The average Bonchev–Trinajstić information content (AvgIpc) is 3.02. The minimum absolute atomic E-state index is 0.186. The van der Waals surface area contributed by atoms with Gasteiger partial charge in [0.15, 0.2) is 5.65 Å². The molecule has 0 bridgehead atoms. The molecule has 2 aromatic heterocycles. The lowest BCUT2D eigenvalue weighted by Crippen LogP contribution is -2.26. The number of nitrogens with one attached hydrogen (secondary N) is 1. The van der Waals surface area contributed by atoms with Crippen LogP contribution in [0.15, 0.2) is 53.7 Å². The fourth-order valence-electron chi connectivity index (χ4n) is 2.60. The molecule has 0 unspecified atom stereocenters. The number of hydrogen-bond donors (Lipinski definition) is 1. The Bertz CT molecular complexity index is 1020. The van der Waals surface area contributed by atoms with Crippen molar-refractivity contribution in [2.75, 3.05) is 6.54 Å². The molecule has 3 aromatic rings. The van der Waals surface area contributed by atoms with Gasteiger partial charge in [-0.05, 0) is 30.7 Å². The summed E-state index contributed by atoms with van der Waals surface area (Å²) in [4.78, 5) is 28.3. The zero-order valence-corrected chi connectivity index (χ0v) is 14.2. The number of carbonyl (C=O) groups excluding carboxylic acids is 1. The van der Waals surface area contributed by atoms with Crippen molar-refractivity contribution in [3.05, 3.63) is 70.7 Å². The minimum atomic E-state index is -0.350. The first kappa shape index (κ1) is 17.5. The topological polar surface area (TPSA) is 81.8 Å². The molecule has 1 amide bonds. The zero-order valence-electron chi connectivity index (χ0n) is 14.2. The highest BCUT2D eigenvalue weighted by Crippen LogP contribution is 2.08. The second-order valence-electron chi connectivity index (χ2n) is 5.70. The molecular formula is C18H18FN5O2. The number of amides is 1. The number of allylic oxidation sites excluding steroid dienone is 1. The fraction of sp³-hybridized carbons (Fsp3) is 0.222. The standard InChI is InChI=1S/C18H18FN5O2/c1-2-4-16(25)20-7-8-24-17-15(10-22-24)18(26)23(12-21-17)11-13-5-3-6-14(19)9-13/h2-6,9-10,12H,7-8,11H2,1H3,(H,20,25)/b4-2+. The molecule has 0 saturated heterocycles. The van der Waals surface area contributed by atoms with Gasteiger partial charge in [-0.2, -0.15) is 5.10 Å². The smallest absolute Gasteiger partial charge is 0.264 e. The molecule has 0 aliphatic heterocycles. The van der Waals surface area contributed by atoms with E-state index in [9.17, 15) is 14.0 Å². The van der Waals surface area contributed by atoms with Gasteiger partial charge in [0.25, 0.3) is 5.56 Å². The Morgan fingerprint density at radius 2 is 2.23 bits per heavy atom. The molecule has 7 nitrogen and oxygen atoms in total. The van der Waals surface area contributed by atoms with E-state index < -0.39 is 0 Å². The Kier molecular flexibility index (Phi) is 5.21. The van der Waals surface area contributed by atoms with Gasteiger partial charge >= 0.3 is 0 Å². The van der Waals surface area contributed by atoms with Crippen LogP contribution in [-0.4, -0.2) is 31.8 Å². The monoisotopic (exact) mass is 355 g/mol. The first-order valence-corrected chi connectivity index (χ1v) is 8.14. The lowest BCUT2D eigenvalue weighted by atomic mass is 10.2. The van der Waals surface area contributed by atoms with E-state index in [2.05, 4.69) is 15.4 Å². The Morgan fingerprint density at radius 3 is 3.00 bits per heavy atom. The van der Waals surface area contributed by atoms with E-state index in [0.717, 1.165) is 0 Å². The van der Waals surface area contributed by atoms with Crippen LogP contribution in [0.2, 0.25) is 0 Å². The molecule has 0 fully saturated rings.